The number of hydrogen-bond acceptors (Lipinski definition) is 10. The summed E-state index contributed by atoms with van der Waals surface area (Å²) >= 11 is 0. The maximum Gasteiger partial charge on any atom is 0.522 e. The predicted molar refractivity (Wildman–Crippen MR) is 142 cm³/mol. The van der Waals surface area contributed by atoms with Crippen molar-refractivity contribution in [1.29, 1.82) is 0 Å². The lowest BCUT2D eigenvalue weighted by Gasteiger charge is -2.34. The summed E-state index contributed by atoms with van der Waals surface area (Å²) in [6.45, 7) is 3.37. The van der Waals surface area contributed by atoms with Crippen LogP contribution in [0.4, 0.5) is 20.8 Å². The first kappa shape index (κ1) is 28.8. The van der Waals surface area contributed by atoms with E-state index in [-0.39, 0.29) is 43.5 Å². The molecular formula is C26H33FN7O6+. The van der Waals surface area contributed by atoms with E-state index in [0.29, 0.717) is 37.7 Å². The van der Waals surface area contributed by atoms with Gasteiger partial charge in [-0.3, -0.25) is 19.3 Å². The van der Waals surface area contributed by atoms with Gasteiger partial charge in [0.2, 0.25) is 5.95 Å². The highest BCUT2D eigenvalue weighted by molar-refractivity contribution is 5.93. The number of quaternary nitrogens is 1. The summed E-state index contributed by atoms with van der Waals surface area (Å²) in [4.78, 5) is 62.5. The molecule has 2 aromatic rings. The number of rotatable bonds is 9. The van der Waals surface area contributed by atoms with E-state index in [0.717, 1.165) is 0 Å². The molecule has 2 saturated heterocycles. The number of aromatic nitrogens is 2. The Morgan fingerprint density at radius 1 is 1.18 bits per heavy atom. The molecule has 2 fully saturated rings. The molecule has 3 heterocycles. The van der Waals surface area contributed by atoms with E-state index >= 15 is 4.39 Å². The summed E-state index contributed by atoms with van der Waals surface area (Å²) in [5.41, 5.74) is 6.41. The minimum atomic E-state index is -0.934. The monoisotopic (exact) mass is 558 g/mol. The van der Waals surface area contributed by atoms with Gasteiger partial charge in [-0.25, -0.2) is 14.4 Å². The number of anilines is 1. The van der Waals surface area contributed by atoms with E-state index < -0.39 is 34.3 Å². The third-order valence-corrected chi connectivity index (χ3v) is 7.15. The van der Waals surface area contributed by atoms with E-state index in [1.165, 1.54) is 31.5 Å². The first-order chi connectivity index (χ1) is 19.0. The van der Waals surface area contributed by atoms with Gasteiger partial charge in [0.05, 0.1) is 6.54 Å². The Labute approximate surface area is 230 Å². The third kappa shape index (κ3) is 5.87. The number of hydrogen-bond donors (Lipinski definition) is 1. The Morgan fingerprint density at radius 3 is 2.40 bits per heavy atom. The normalized spacial score (nSPS) is 19.9. The Balaban J connectivity index is 1.40. The number of carbonyl (C=O) groups is 4. The zero-order valence-electron chi connectivity index (χ0n) is 22.7. The molecule has 2 unspecified atom stereocenters. The fraction of sp³-hybridized carbons (Fsp3) is 0.462. The summed E-state index contributed by atoms with van der Waals surface area (Å²) < 4.78 is 24.9. The second kappa shape index (κ2) is 11.9. The summed E-state index contributed by atoms with van der Waals surface area (Å²) in [5.74, 6) is -1.60. The highest BCUT2D eigenvalue weighted by atomic mass is 19.1. The van der Waals surface area contributed by atoms with Gasteiger partial charge in [-0.05, 0) is 27.1 Å². The molecule has 13 nitrogen and oxygen atoms in total. The topological polar surface area (TPSA) is 148 Å². The number of amides is 3. The highest BCUT2D eigenvalue weighted by Crippen LogP contribution is 2.35. The Bertz CT molecular complexity index is 1280. The molecule has 214 valence electrons. The maximum absolute atomic E-state index is 15.3. The lowest BCUT2D eigenvalue weighted by Crippen LogP contribution is -2.61. The largest absolute Gasteiger partial charge is 0.522 e. The van der Waals surface area contributed by atoms with E-state index in [4.69, 9.17) is 15.2 Å². The van der Waals surface area contributed by atoms with Gasteiger partial charge in [0.1, 0.15) is 24.7 Å². The van der Waals surface area contributed by atoms with Crippen molar-refractivity contribution in [3.8, 4) is 11.1 Å². The number of primary amides is 1. The zero-order chi connectivity index (χ0) is 29.0. The van der Waals surface area contributed by atoms with Crippen LogP contribution in [0.2, 0.25) is 0 Å². The number of piperazine rings is 1. The molecule has 0 radical (unpaired) electrons. The molecular weight excluding hydrogens is 525 g/mol. The van der Waals surface area contributed by atoms with Crippen molar-refractivity contribution in [2.45, 2.75) is 13.0 Å². The van der Waals surface area contributed by atoms with Crippen molar-refractivity contribution >= 4 is 35.5 Å². The van der Waals surface area contributed by atoms with Crippen LogP contribution in [0.5, 0.6) is 0 Å². The number of ether oxygens (including phenoxy) is 2. The van der Waals surface area contributed by atoms with Gasteiger partial charge in [-0.15, -0.1) is 0 Å². The van der Waals surface area contributed by atoms with E-state index in [1.54, 1.807) is 30.0 Å². The fourth-order valence-electron chi connectivity index (χ4n) is 4.81. The first-order valence-corrected chi connectivity index (χ1v) is 12.8. The number of nitrogens with two attached hydrogens (primary N) is 1. The second-order valence-electron chi connectivity index (χ2n) is 9.99. The van der Waals surface area contributed by atoms with Gasteiger partial charge in [-0.2, -0.15) is 9.28 Å². The molecule has 0 saturated carbocycles. The Morgan fingerprint density at radius 2 is 1.85 bits per heavy atom. The third-order valence-electron chi connectivity index (χ3n) is 7.15. The van der Waals surface area contributed by atoms with Gasteiger partial charge in [0.15, 0.2) is 12.6 Å². The fourth-order valence-corrected chi connectivity index (χ4v) is 4.81. The van der Waals surface area contributed by atoms with Crippen LogP contribution < -0.4 is 15.1 Å². The number of cyclic esters (lactones) is 1. The zero-order valence-corrected chi connectivity index (χ0v) is 22.7. The number of esters is 1. The molecule has 14 heteroatoms. The lowest BCUT2D eigenvalue weighted by atomic mass is 10.1. The minimum Gasteiger partial charge on any atom is -0.455 e. The smallest absolute Gasteiger partial charge is 0.455 e. The van der Waals surface area contributed by atoms with E-state index in [2.05, 4.69) is 9.97 Å². The average Bonchev–Trinajstić information content (AvgIpc) is 3.32. The van der Waals surface area contributed by atoms with Crippen molar-refractivity contribution in [2.24, 2.45) is 5.73 Å². The van der Waals surface area contributed by atoms with Crippen LogP contribution in [0.1, 0.15) is 6.92 Å². The molecule has 4 rings (SSSR count). The van der Waals surface area contributed by atoms with E-state index in [9.17, 15) is 19.2 Å². The van der Waals surface area contributed by atoms with Crippen LogP contribution in [-0.4, -0.2) is 116 Å². The average molecular weight is 559 g/mol. The molecule has 0 aliphatic carbocycles. The molecule has 1 aromatic carbocycles. The summed E-state index contributed by atoms with van der Waals surface area (Å²) in [6.07, 6.45) is 2.35. The predicted octanol–water partition coefficient (Wildman–Crippen LogP) is 0.367. The van der Waals surface area contributed by atoms with Crippen molar-refractivity contribution in [3.63, 3.8) is 0 Å². The van der Waals surface area contributed by atoms with Crippen LogP contribution in [0.15, 0.2) is 30.6 Å². The van der Waals surface area contributed by atoms with Crippen LogP contribution in [0.3, 0.4) is 0 Å². The summed E-state index contributed by atoms with van der Waals surface area (Å²) in [7, 11) is 3.48. The van der Waals surface area contributed by atoms with Gasteiger partial charge in [-0.1, -0.05) is 0 Å². The SMILES string of the molecule is CC(C(N)=O)[N+]1(c2ccc(-c3cnc(N4CCN(C(=O)COC(=O)CN(C)C)CC4)nc3)c(F)c2)CCOC1=O. The molecule has 1 aromatic heterocycles. The molecule has 2 aliphatic heterocycles. The number of halogens is 1. The number of carbonyl (C=O) groups excluding carboxylic acids is 4. The summed E-state index contributed by atoms with van der Waals surface area (Å²) in [5, 5.41) is 0. The Kier molecular flexibility index (Phi) is 8.59. The number of nitrogens with zero attached hydrogens (tertiary/aromatic N) is 6. The second-order valence-corrected chi connectivity index (χ2v) is 9.99. The van der Waals surface area contributed by atoms with Crippen molar-refractivity contribution in [2.75, 3.05) is 71.5 Å². The Hall–Kier alpha value is -4.17. The number of benzene rings is 1. The van der Waals surface area contributed by atoms with Crippen molar-refractivity contribution in [1.82, 2.24) is 24.3 Å². The molecule has 3 amide bonds. The van der Waals surface area contributed by atoms with Crippen LogP contribution in [0, 0.1) is 5.82 Å². The van der Waals surface area contributed by atoms with Crippen LogP contribution in [0.25, 0.3) is 11.1 Å². The van der Waals surface area contributed by atoms with Gasteiger partial charge >= 0.3 is 12.1 Å². The molecule has 2 N–H and O–H groups in total. The summed E-state index contributed by atoms with van der Waals surface area (Å²) in [6, 6.07) is 3.37. The minimum absolute atomic E-state index is 0.0990. The van der Waals surface area contributed by atoms with E-state index in [1.807, 2.05) is 4.90 Å². The maximum atomic E-state index is 15.3. The first-order valence-electron chi connectivity index (χ1n) is 12.8. The molecule has 40 heavy (non-hydrogen) atoms. The molecule has 2 aliphatic rings. The van der Waals surface area contributed by atoms with Crippen molar-refractivity contribution < 1.29 is 33.0 Å². The number of likely N-dealkylation sites (N-methyl/N-ethyl adjacent to an activating group) is 1. The van der Waals surface area contributed by atoms with Crippen molar-refractivity contribution in [3.05, 3.63) is 36.4 Å². The quantitative estimate of drug-likeness (QED) is 0.338. The molecule has 0 bridgehead atoms. The van der Waals surface area contributed by atoms with Gasteiger partial charge in [0.25, 0.3) is 11.8 Å². The van der Waals surface area contributed by atoms with Gasteiger partial charge < -0.3 is 25.0 Å². The van der Waals surface area contributed by atoms with Crippen LogP contribution in [-0.2, 0) is 23.9 Å². The molecule has 0 spiro atoms. The highest BCUT2D eigenvalue weighted by Gasteiger charge is 2.53. The standard InChI is InChI=1S/C26H32FN7O6/c1-17(24(28)37)34(10-11-39-26(34)38)19-4-5-20(21(27)12-19)18-13-29-25(30-14-18)33-8-6-32(7-9-33)22(35)16-40-23(36)15-31(2)3/h4-5,12-14,17H,6-11,15-16H2,1-3H3,(H-,28,37)/p+1. The van der Waals surface area contributed by atoms with Gasteiger partial charge in [0, 0.05) is 61.8 Å². The molecule has 2 atom stereocenters. The lowest BCUT2D eigenvalue weighted by molar-refractivity contribution is -0.152. The van der Waals surface area contributed by atoms with Crippen LogP contribution >= 0.6 is 0 Å².